The lowest BCUT2D eigenvalue weighted by molar-refractivity contribution is 0.0604. The fourth-order valence-electron chi connectivity index (χ4n) is 4.43. The summed E-state index contributed by atoms with van der Waals surface area (Å²) in [4.78, 5) is 2.45. The van der Waals surface area contributed by atoms with E-state index in [1.807, 2.05) is 24.3 Å². The van der Waals surface area contributed by atoms with Gasteiger partial charge in [0.05, 0.1) is 18.7 Å². The zero-order valence-corrected chi connectivity index (χ0v) is 17.9. The number of hydrogen-bond acceptors (Lipinski definition) is 2. The van der Waals surface area contributed by atoms with E-state index in [0.29, 0.717) is 0 Å². The van der Waals surface area contributed by atoms with Crippen molar-refractivity contribution in [2.45, 2.75) is 25.0 Å². The molecule has 0 aliphatic rings. The summed E-state index contributed by atoms with van der Waals surface area (Å²) in [5.41, 5.74) is 4.77. The molecule has 2 heteroatoms. The smallest absolute Gasteiger partial charge is 0.0629 e. The van der Waals surface area contributed by atoms with Crippen LogP contribution in [0.15, 0.2) is 121 Å². The number of rotatable bonds is 8. The predicted molar refractivity (Wildman–Crippen MR) is 128 cm³/mol. The van der Waals surface area contributed by atoms with E-state index in [1.54, 1.807) is 0 Å². The SMILES string of the molecule is C[C@@H](c1ccccc1)N(C(c1ccccc1)c1ccccc1)[C@@H](CO)c1ccccc1. The molecule has 4 aromatic rings. The van der Waals surface area contributed by atoms with Crippen LogP contribution in [0.4, 0.5) is 0 Å². The van der Waals surface area contributed by atoms with Crippen molar-refractivity contribution >= 4 is 0 Å². The van der Waals surface area contributed by atoms with Crippen LogP contribution in [0.3, 0.4) is 0 Å². The van der Waals surface area contributed by atoms with Gasteiger partial charge in [-0.1, -0.05) is 121 Å². The summed E-state index contributed by atoms with van der Waals surface area (Å²) < 4.78 is 0. The summed E-state index contributed by atoms with van der Waals surface area (Å²) in [5, 5.41) is 10.6. The van der Waals surface area contributed by atoms with Crippen LogP contribution < -0.4 is 0 Å². The van der Waals surface area contributed by atoms with Gasteiger partial charge in [0.15, 0.2) is 0 Å². The van der Waals surface area contributed by atoms with Crippen molar-refractivity contribution in [2.75, 3.05) is 6.61 Å². The van der Waals surface area contributed by atoms with Gasteiger partial charge < -0.3 is 5.11 Å². The number of hydrogen-bond donors (Lipinski definition) is 1. The van der Waals surface area contributed by atoms with Gasteiger partial charge in [0.1, 0.15) is 0 Å². The summed E-state index contributed by atoms with van der Waals surface area (Å²) in [6.45, 7) is 2.27. The minimum Gasteiger partial charge on any atom is -0.394 e. The fourth-order valence-corrected chi connectivity index (χ4v) is 4.43. The summed E-state index contributed by atoms with van der Waals surface area (Å²) in [6.07, 6.45) is 0. The maximum absolute atomic E-state index is 10.6. The summed E-state index contributed by atoms with van der Waals surface area (Å²) >= 11 is 0. The Hall–Kier alpha value is -3.20. The van der Waals surface area contributed by atoms with Gasteiger partial charge >= 0.3 is 0 Å². The van der Waals surface area contributed by atoms with Crippen LogP contribution in [0.2, 0.25) is 0 Å². The van der Waals surface area contributed by atoms with Gasteiger partial charge in [0, 0.05) is 6.04 Å². The first-order valence-electron chi connectivity index (χ1n) is 10.9. The first-order valence-corrected chi connectivity index (χ1v) is 10.9. The molecule has 0 saturated heterocycles. The van der Waals surface area contributed by atoms with Crippen LogP contribution in [0.1, 0.15) is 47.3 Å². The zero-order valence-electron chi connectivity index (χ0n) is 17.9. The van der Waals surface area contributed by atoms with Crippen molar-refractivity contribution in [3.63, 3.8) is 0 Å². The summed E-state index contributed by atoms with van der Waals surface area (Å²) in [6, 6.07) is 42.0. The van der Waals surface area contributed by atoms with E-state index < -0.39 is 0 Å². The molecule has 0 radical (unpaired) electrons. The van der Waals surface area contributed by atoms with E-state index in [4.69, 9.17) is 0 Å². The summed E-state index contributed by atoms with van der Waals surface area (Å²) in [7, 11) is 0. The first kappa shape index (κ1) is 21.0. The van der Waals surface area contributed by atoms with Crippen molar-refractivity contribution in [3.05, 3.63) is 144 Å². The minimum absolute atomic E-state index is 0.00466. The zero-order chi connectivity index (χ0) is 21.5. The molecule has 4 rings (SSSR count). The lowest BCUT2D eigenvalue weighted by Crippen LogP contribution is -2.37. The maximum Gasteiger partial charge on any atom is 0.0629 e. The minimum atomic E-state index is -0.151. The number of benzene rings is 4. The van der Waals surface area contributed by atoms with Gasteiger partial charge in [-0.2, -0.15) is 0 Å². The van der Waals surface area contributed by atoms with Crippen molar-refractivity contribution in [1.29, 1.82) is 0 Å². The van der Waals surface area contributed by atoms with Gasteiger partial charge in [-0.05, 0) is 29.2 Å². The molecule has 0 bridgehead atoms. The summed E-state index contributed by atoms with van der Waals surface area (Å²) in [5.74, 6) is 0. The van der Waals surface area contributed by atoms with E-state index >= 15 is 0 Å². The molecule has 0 aliphatic carbocycles. The molecule has 2 atom stereocenters. The van der Waals surface area contributed by atoms with Crippen molar-refractivity contribution < 1.29 is 5.11 Å². The van der Waals surface area contributed by atoms with Crippen LogP contribution in [-0.4, -0.2) is 16.6 Å². The van der Waals surface area contributed by atoms with Gasteiger partial charge in [-0.15, -0.1) is 0 Å². The molecule has 31 heavy (non-hydrogen) atoms. The molecule has 0 amide bonds. The van der Waals surface area contributed by atoms with Crippen LogP contribution in [-0.2, 0) is 0 Å². The molecular weight excluding hydrogens is 378 g/mol. The third-order valence-corrected chi connectivity index (χ3v) is 5.98. The molecule has 0 saturated carbocycles. The van der Waals surface area contributed by atoms with Gasteiger partial charge in [-0.25, -0.2) is 0 Å². The van der Waals surface area contributed by atoms with Gasteiger partial charge in [0.2, 0.25) is 0 Å². The van der Waals surface area contributed by atoms with E-state index in [9.17, 15) is 5.11 Å². The van der Waals surface area contributed by atoms with Crippen molar-refractivity contribution in [3.8, 4) is 0 Å². The van der Waals surface area contributed by atoms with Crippen LogP contribution in [0, 0.1) is 0 Å². The van der Waals surface area contributed by atoms with Crippen molar-refractivity contribution in [1.82, 2.24) is 4.90 Å². The lowest BCUT2D eigenvalue weighted by Gasteiger charge is -2.42. The molecule has 0 aromatic heterocycles. The van der Waals surface area contributed by atoms with E-state index in [2.05, 4.69) is 109 Å². The molecular formula is C29H29NO. The average molecular weight is 408 g/mol. The topological polar surface area (TPSA) is 23.5 Å². The average Bonchev–Trinajstić information content (AvgIpc) is 2.86. The maximum atomic E-state index is 10.6. The van der Waals surface area contributed by atoms with E-state index in [1.165, 1.54) is 16.7 Å². The molecule has 4 aromatic carbocycles. The Morgan fingerprint density at radius 2 is 0.903 bits per heavy atom. The molecule has 0 aliphatic heterocycles. The molecule has 156 valence electrons. The number of nitrogens with zero attached hydrogens (tertiary/aromatic N) is 1. The molecule has 0 unspecified atom stereocenters. The Balaban J connectivity index is 1.90. The predicted octanol–water partition coefficient (Wildman–Crippen LogP) is 6.57. The molecule has 1 N–H and O–H groups in total. The second kappa shape index (κ2) is 10.2. The number of aliphatic hydroxyl groups is 1. The normalized spacial score (nSPS) is 13.3. The quantitative estimate of drug-likeness (QED) is 0.357. The third kappa shape index (κ3) is 4.77. The molecule has 0 fully saturated rings. The van der Waals surface area contributed by atoms with Crippen LogP contribution >= 0.6 is 0 Å². The second-order valence-electron chi connectivity index (χ2n) is 7.87. The Kier molecular flexibility index (Phi) is 6.93. The Labute approximate surface area is 185 Å². The van der Waals surface area contributed by atoms with Crippen molar-refractivity contribution in [2.24, 2.45) is 0 Å². The number of aliphatic hydroxyl groups excluding tert-OH is 1. The fraction of sp³-hybridized carbons (Fsp3) is 0.172. The third-order valence-electron chi connectivity index (χ3n) is 5.98. The van der Waals surface area contributed by atoms with Crippen LogP contribution in [0.5, 0.6) is 0 Å². The highest BCUT2D eigenvalue weighted by Gasteiger charge is 2.33. The molecule has 2 nitrogen and oxygen atoms in total. The van der Waals surface area contributed by atoms with Gasteiger partial charge in [0.25, 0.3) is 0 Å². The first-order chi connectivity index (χ1) is 15.3. The lowest BCUT2D eigenvalue weighted by atomic mass is 9.90. The van der Waals surface area contributed by atoms with E-state index in [0.717, 1.165) is 5.56 Å². The largest absolute Gasteiger partial charge is 0.394 e. The molecule has 0 heterocycles. The van der Waals surface area contributed by atoms with Crippen LogP contribution in [0.25, 0.3) is 0 Å². The van der Waals surface area contributed by atoms with Gasteiger partial charge in [-0.3, -0.25) is 4.90 Å². The van der Waals surface area contributed by atoms with E-state index in [-0.39, 0.29) is 24.7 Å². The monoisotopic (exact) mass is 407 g/mol. The Morgan fingerprint density at radius 1 is 0.548 bits per heavy atom. The Morgan fingerprint density at radius 3 is 1.29 bits per heavy atom. The molecule has 0 spiro atoms. The highest BCUT2D eigenvalue weighted by molar-refractivity contribution is 5.34. The Bertz CT molecular complexity index is 996. The standard InChI is InChI=1S/C29H29NO/c1-23(24-14-6-2-7-15-24)30(28(22-31)25-16-8-3-9-17-25)29(26-18-10-4-11-19-26)27-20-12-5-13-21-27/h2-21,23,28-29,31H,22H2,1H3/t23-,28-/m0/s1. The highest BCUT2D eigenvalue weighted by atomic mass is 16.3. The second-order valence-corrected chi connectivity index (χ2v) is 7.87. The highest BCUT2D eigenvalue weighted by Crippen LogP contribution is 2.41.